The predicted octanol–water partition coefficient (Wildman–Crippen LogP) is 3.93. The molecule has 1 saturated heterocycles. The van der Waals surface area contributed by atoms with E-state index in [4.69, 9.17) is 9.47 Å². The Hall–Kier alpha value is -1.85. The van der Waals surface area contributed by atoms with E-state index in [1.165, 1.54) is 6.42 Å². The first-order valence-corrected chi connectivity index (χ1v) is 10.6. The van der Waals surface area contributed by atoms with E-state index >= 15 is 0 Å². The summed E-state index contributed by atoms with van der Waals surface area (Å²) in [5, 5.41) is 2.55. The predicted molar refractivity (Wildman–Crippen MR) is 108 cm³/mol. The van der Waals surface area contributed by atoms with Gasteiger partial charge < -0.3 is 14.8 Å². The minimum absolute atomic E-state index is 0.0960. The number of ether oxygens (including phenoxy) is 2. The van der Waals surface area contributed by atoms with Crippen LogP contribution in [0.5, 0.6) is 0 Å². The molecular weight excluding hydrogens is 358 g/mol. The number of nitrogens with one attached hydrogen (secondary N) is 1. The lowest BCUT2D eigenvalue weighted by Gasteiger charge is -2.37. The van der Waals surface area contributed by atoms with E-state index in [0.717, 1.165) is 25.7 Å². The van der Waals surface area contributed by atoms with Crippen molar-refractivity contribution in [1.29, 1.82) is 0 Å². The Morgan fingerprint density at radius 1 is 1.32 bits per heavy atom. The van der Waals surface area contributed by atoms with Crippen LogP contribution in [0.2, 0.25) is 0 Å². The average Bonchev–Trinajstić information content (AvgIpc) is 2.64. The molecule has 6 nitrogen and oxygen atoms in total. The summed E-state index contributed by atoms with van der Waals surface area (Å²) in [7, 11) is 0. The van der Waals surface area contributed by atoms with Gasteiger partial charge >= 0.3 is 11.9 Å². The highest BCUT2D eigenvalue weighted by Crippen LogP contribution is 2.32. The smallest absolute Gasteiger partial charge is 0.328 e. The summed E-state index contributed by atoms with van der Waals surface area (Å²) in [6, 6.07) is -0.655. The highest BCUT2D eigenvalue weighted by Gasteiger charge is 2.43. The molecule has 0 bridgehead atoms. The van der Waals surface area contributed by atoms with Crippen LogP contribution in [0, 0.1) is 11.8 Å². The number of hydrogen-bond acceptors (Lipinski definition) is 5. The Morgan fingerprint density at radius 3 is 2.64 bits per heavy atom. The van der Waals surface area contributed by atoms with Crippen LogP contribution in [0.15, 0.2) is 12.7 Å². The van der Waals surface area contributed by atoms with E-state index in [9.17, 15) is 14.4 Å². The second kappa shape index (κ2) is 13.3. The highest BCUT2D eigenvalue weighted by molar-refractivity contribution is 5.79. The van der Waals surface area contributed by atoms with Crippen LogP contribution in [0.4, 0.5) is 0 Å². The van der Waals surface area contributed by atoms with Crippen molar-refractivity contribution in [3.8, 4) is 0 Å². The molecule has 1 heterocycles. The summed E-state index contributed by atoms with van der Waals surface area (Å²) >= 11 is 0. The zero-order chi connectivity index (χ0) is 20.9. The van der Waals surface area contributed by atoms with Gasteiger partial charge in [0.25, 0.3) is 0 Å². The molecule has 6 heteroatoms. The molecule has 0 aromatic carbocycles. The van der Waals surface area contributed by atoms with Gasteiger partial charge in [0, 0.05) is 6.42 Å². The number of carbonyl (C=O) groups is 3. The molecule has 0 radical (unpaired) electrons. The molecule has 1 N–H and O–H groups in total. The van der Waals surface area contributed by atoms with Crippen LogP contribution in [-0.2, 0) is 23.9 Å². The monoisotopic (exact) mass is 395 g/mol. The van der Waals surface area contributed by atoms with Crippen LogP contribution < -0.4 is 5.32 Å². The first kappa shape index (κ1) is 24.2. The lowest BCUT2D eigenvalue weighted by atomic mass is 9.86. The molecule has 28 heavy (non-hydrogen) atoms. The second-order valence-corrected chi connectivity index (χ2v) is 8.06. The van der Waals surface area contributed by atoms with Gasteiger partial charge in [-0.2, -0.15) is 0 Å². The summed E-state index contributed by atoms with van der Waals surface area (Å²) in [5.41, 5.74) is 0. The summed E-state index contributed by atoms with van der Waals surface area (Å²) in [6.45, 7) is 9.86. The molecule has 1 aliphatic rings. The number of allylic oxidation sites excluding steroid dienone is 1. The van der Waals surface area contributed by atoms with E-state index in [-0.39, 0.29) is 30.0 Å². The standard InChI is InChI=1S/C22H37NO5/c1-5-7-9-10-12-18-20(28-21(18)25)14-17(11-8-6-2)27-22(26)19(23-15-24)13-16(3)4/h6,15-20H,2,5,7-14H2,1,3-4H3,(H,23,24)/t17?,18?,19-,20?/m0/s1. The topological polar surface area (TPSA) is 81.7 Å². The van der Waals surface area contributed by atoms with Crippen molar-refractivity contribution in [2.24, 2.45) is 11.8 Å². The third kappa shape index (κ3) is 8.44. The van der Waals surface area contributed by atoms with E-state index < -0.39 is 12.0 Å². The average molecular weight is 396 g/mol. The zero-order valence-corrected chi connectivity index (χ0v) is 17.7. The van der Waals surface area contributed by atoms with Gasteiger partial charge in [-0.15, -0.1) is 6.58 Å². The van der Waals surface area contributed by atoms with Gasteiger partial charge in [-0.25, -0.2) is 4.79 Å². The first-order valence-electron chi connectivity index (χ1n) is 10.6. The number of hydrogen-bond donors (Lipinski definition) is 1. The molecule has 0 aromatic heterocycles. The second-order valence-electron chi connectivity index (χ2n) is 8.06. The van der Waals surface area contributed by atoms with Gasteiger partial charge in [0.1, 0.15) is 18.2 Å². The van der Waals surface area contributed by atoms with Gasteiger partial charge in [-0.05, 0) is 31.6 Å². The van der Waals surface area contributed by atoms with Crippen LogP contribution >= 0.6 is 0 Å². The Morgan fingerprint density at radius 2 is 2.07 bits per heavy atom. The Kier molecular flexibility index (Phi) is 11.5. The molecule has 1 rings (SSSR count). The number of carbonyl (C=O) groups excluding carboxylic acids is 3. The lowest BCUT2D eigenvalue weighted by molar-refractivity contribution is -0.190. The summed E-state index contributed by atoms with van der Waals surface area (Å²) < 4.78 is 11.0. The largest absolute Gasteiger partial charge is 0.461 e. The molecule has 3 unspecified atom stereocenters. The van der Waals surface area contributed by atoms with Crippen LogP contribution in [0.1, 0.15) is 78.6 Å². The molecule has 1 fully saturated rings. The number of esters is 2. The molecule has 0 saturated carbocycles. The van der Waals surface area contributed by atoms with Crippen molar-refractivity contribution in [3.05, 3.63) is 12.7 Å². The zero-order valence-electron chi connectivity index (χ0n) is 17.7. The van der Waals surface area contributed by atoms with Gasteiger partial charge in [0.15, 0.2) is 0 Å². The van der Waals surface area contributed by atoms with Crippen molar-refractivity contribution in [1.82, 2.24) is 5.32 Å². The number of amides is 1. The third-order valence-corrected chi connectivity index (χ3v) is 5.12. The van der Waals surface area contributed by atoms with E-state index in [0.29, 0.717) is 32.1 Å². The third-order valence-electron chi connectivity index (χ3n) is 5.12. The minimum atomic E-state index is -0.655. The van der Waals surface area contributed by atoms with E-state index in [1.807, 2.05) is 13.8 Å². The molecule has 1 amide bonds. The SMILES string of the molecule is C=CCCC(CC1OC(=O)C1CCCCCC)OC(=O)[C@H](CC(C)C)NC=O. The quantitative estimate of drug-likeness (QED) is 0.185. The maximum absolute atomic E-state index is 12.5. The van der Waals surface area contributed by atoms with Gasteiger partial charge in [-0.3, -0.25) is 9.59 Å². The van der Waals surface area contributed by atoms with E-state index in [2.05, 4.69) is 18.8 Å². The molecule has 0 spiro atoms. The Bertz CT molecular complexity index is 505. The van der Waals surface area contributed by atoms with Crippen LogP contribution in [0.25, 0.3) is 0 Å². The lowest BCUT2D eigenvalue weighted by Crippen LogP contribution is -2.48. The Labute approximate surface area is 169 Å². The minimum Gasteiger partial charge on any atom is -0.461 e. The molecule has 4 atom stereocenters. The first-order chi connectivity index (χ1) is 13.4. The van der Waals surface area contributed by atoms with Gasteiger partial charge in [0.2, 0.25) is 6.41 Å². The molecular formula is C22H37NO5. The summed E-state index contributed by atoms with van der Waals surface area (Å²) in [4.78, 5) is 35.2. The maximum atomic E-state index is 12.5. The van der Waals surface area contributed by atoms with Crippen LogP contribution in [0.3, 0.4) is 0 Å². The Balaban J connectivity index is 2.63. The fourth-order valence-electron chi connectivity index (χ4n) is 3.53. The van der Waals surface area contributed by atoms with Crippen molar-refractivity contribution >= 4 is 18.3 Å². The van der Waals surface area contributed by atoms with Crippen molar-refractivity contribution in [3.63, 3.8) is 0 Å². The maximum Gasteiger partial charge on any atom is 0.328 e. The van der Waals surface area contributed by atoms with Crippen LogP contribution in [-0.4, -0.2) is 36.6 Å². The molecule has 0 aliphatic carbocycles. The number of cyclic esters (lactones) is 1. The highest BCUT2D eigenvalue weighted by atomic mass is 16.6. The fraction of sp³-hybridized carbons (Fsp3) is 0.773. The van der Waals surface area contributed by atoms with Gasteiger partial charge in [-0.1, -0.05) is 52.5 Å². The van der Waals surface area contributed by atoms with Crippen molar-refractivity contribution in [2.75, 3.05) is 0 Å². The summed E-state index contributed by atoms with van der Waals surface area (Å²) in [5.74, 6) is -0.423. The summed E-state index contributed by atoms with van der Waals surface area (Å²) in [6.07, 6.45) is 9.41. The number of rotatable bonds is 16. The van der Waals surface area contributed by atoms with E-state index in [1.54, 1.807) is 6.08 Å². The molecule has 1 aliphatic heterocycles. The fourth-order valence-corrected chi connectivity index (χ4v) is 3.53. The molecule has 160 valence electrons. The normalized spacial score (nSPS) is 20.6. The van der Waals surface area contributed by atoms with Crippen molar-refractivity contribution < 1.29 is 23.9 Å². The molecule has 0 aromatic rings. The van der Waals surface area contributed by atoms with Crippen molar-refractivity contribution in [2.45, 2.75) is 96.8 Å². The van der Waals surface area contributed by atoms with Gasteiger partial charge in [0.05, 0.1) is 5.92 Å². The number of unbranched alkanes of at least 4 members (excludes halogenated alkanes) is 3.